The molecular weight excluding hydrogens is 178 g/mol. The van der Waals surface area contributed by atoms with E-state index in [1.807, 2.05) is 36.4 Å². The summed E-state index contributed by atoms with van der Waals surface area (Å²) in [5.74, 6) is 0. The van der Waals surface area contributed by atoms with Crippen LogP contribution in [0.4, 0.5) is 4.79 Å². The first-order valence-electron chi connectivity index (χ1n) is 4.16. The van der Waals surface area contributed by atoms with Crippen molar-refractivity contribution in [2.75, 3.05) is 7.11 Å². The highest BCUT2D eigenvalue weighted by Crippen LogP contribution is 1.99. The second kappa shape index (κ2) is 5.70. The first-order chi connectivity index (χ1) is 6.83. The van der Waals surface area contributed by atoms with Crippen LogP contribution in [0.1, 0.15) is 5.56 Å². The minimum Gasteiger partial charge on any atom is -0.451 e. The number of aliphatic imine (C=N–C) groups is 1. The summed E-state index contributed by atoms with van der Waals surface area (Å²) in [7, 11) is 1.29. The highest BCUT2D eigenvalue weighted by atomic mass is 16.5. The Morgan fingerprint density at radius 3 is 2.71 bits per heavy atom. The topological polar surface area (TPSA) is 38.7 Å². The molecule has 0 aliphatic rings. The summed E-state index contributed by atoms with van der Waals surface area (Å²) in [4.78, 5) is 14.1. The van der Waals surface area contributed by atoms with E-state index in [4.69, 9.17) is 0 Å². The number of rotatable bonds is 2. The van der Waals surface area contributed by atoms with Gasteiger partial charge in [0.15, 0.2) is 0 Å². The van der Waals surface area contributed by atoms with Gasteiger partial charge >= 0.3 is 6.09 Å². The molecular formula is C11H11NO2. The molecule has 0 saturated carbocycles. The van der Waals surface area contributed by atoms with Gasteiger partial charge in [-0.2, -0.15) is 4.99 Å². The predicted octanol–water partition coefficient (Wildman–Crippen LogP) is 2.54. The minimum atomic E-state index is -0.595. The van der Waals surface area contributed by atoms with Gasteiger partial charge in [-0.1, -0.05) is 36.4 Å². The summed E-state index contributed by atoms with van der Waals surface area (Å²) in [5, 5.41) is 0. The van der Waals surface area contributed by atoms with Crippen LogP contribution in [0.25, 0.3) is 6.08 Å². The third kappa shape index (κ3) is 3.67. The second-order valence-electron chi connectivity index (χ2n) is 2.52. The maximum atomic E-state index is 10.6. The Morgan fingerprint density at radius 1 is 1.36 bits per heavy atom. The van der Waals surface area contributed by atoms with Crippen molar-refractivity contribution in [2.24, 2.45) is 4.99 Å². The summed E-state index contributed by atoms with van der Waals surface area (Å²) >= 11 is 0. The number of amides is 1. The molecule has 14 heavy (non-hydrogen) atoms. The number of benzene rings is 1. The van der Waals surface area contributed by atoms with Crippen molar-refractivity contribution < 1.29 is 9.53 Å². The van der Waals surface area contributed by atoms with E-state index in [9.17, 15) is 4.79 Å². The van der Waals surface area contributed by atoms with Crippen LogP contribution >= 0.6 is 0 Å². The normalized spacial score (nSPS) is 10.9. The molecule has 1 rings (SSSR count). The number of hydrogen-bond acceptors (Lipinski definition) is 2. The van der Waals surface area contributed by atoms with Crippen molar-refractivity contribution >= 4 is 18.4 Å². The fourth-order valence-corrected chi connectivity index (χ4v) is 0.875. The molecule has 0 radical (unpaired) electrons. The smallest absolute Gasteiger partial charge is 0.433 e. The Bertz CT molecular complexity index is 342. The van der Waals surface area contributed by atoms with Gasteiger partial charge in [-0.3, -0.25) is 0 Å². The second-order valence-corrected chi connectivity index (χ2v) is 2.52. The summed E-state index contributed by atoms with van der Waals surface area (Å²) in [6.45, 7) is 0. The quantitative estimate of drug-likeness (QED) is 0.670. The standard InChI is InChI=1S/C11H11NO2/c1-14-11(13)12-9-5-8-10-6-3-2-4-7-10/h2-9H,1H3. The molecule has 0 spiro atoms. The summed E-state index contributed by atoms with van der Waals surface area (Å²) in [6.07, 6.45) is 4.35. The first kappa shape index (κ1) is 10.2. The van der Waals surface area contributed by atoms with Gasteiger partial charge < -0.3 is 4.74 Å². The molecule has 0 bridgehead atoms. The zero-order valence-electron chi connectivity index (χ0n) is 7.88. The molecule has 0 heterocycles. The van der Waals surface area contributed by atoms with Gasteiger partial charge in [0.25, 0.3) is 0 Å². The van der Waals surface area contributed by atoms with Crippen molar-refractivity contribution in [3.05, 3.63) is 42.0 Å². The van der Waals surface area contributed by atoms with Gasteiger partial charge in [0.05, 0.1) is 7.11 Å². The van der Waals surface area contributed by atoms with Crippen LogP contribution in [0.5, 0.6) is 0 Å². The summed E-state index contributed by atoms with van der Waals surface area (Å²) in [5.41, 5.74) is 1.06. The zero-order chi connectivity index (χ0) is 10.2. The van der Waals surface area contributed by atoms with Gasteiger partial charge in [0.1, 0.15) is 0 Å². The van der Waals surface area contributed by atoms with Crippen LogP contribution in [0.2, 0.25) is 0 Å². The van der Waals surface area contributed by atoms with Gasteiger partial charge in [0.2, 0.25) is 0 Å². The van der Waals surface area contributed by atoms with Crippen LogP contribution in [-0.2, 0) is 4.74 Å². The summed E-state index contributed by atoms with van der Waals surface area (Å²) < 4.78 is 4.33. The van der Waals surface area contributed by atoms with E-state index in [1.165, 1.54) is 13.3 Å². The van der Waals surface area contributed by atoms with Crippen molar-refractivity contribution in [3.63, 3.8) is 0 Å². The van der Waals surface area contributed by atoms with Crippen molar-refractivity contribution in [1.29, 1.82) is 0 Å². The monoisotopic (exact) mass is 189 g/mol. The molecule has 3 nitrogen and oxygen atoms in total. The molecule has 3 heteroatoms. The molecule has 0 atom stereocenters. The van der Waals surface area contributed by atoms with Gasteiger partial charge in [-0.05, 0) is 11.6 Å². The summed E-state index contributed by atoms with van der Waals surface area (Å²) in [6, 6.07) is 9.75. The van der Waals surface area contributed by atoms with E-state index in [-0.39, 0.29) is 0 Å². The van der Waals surface area contributed by atoms with Crippen LogP contribution in [0.3, 0.4) is 0 Å². The number of hydrogen-bond donors (Lipinski definition) is 0. The molecule has 0 aliphatic heterocycles. The number of ether oxygens (including phenoxy) is 1. The Balaban J connectivity index is 2.50. The predicted molar refractivity (Wildman–Crippen MR) is 56.4 cm³/mol. The van der Waals surface area contributed by atoms with E-state index in [1.54, 1.807) is 6.08 Å². The van der Waals surface area contributed by atoms with Crippen molar-refractivity contribution in [3.8, 4) is 0 Å². The van der Waals surface area contributed by atoms with Crippen LogP contribution < -0.4 is 0 Å². The lowest BCUT2D eigenvalue weighted by molar-refractivity contribution is 0.183. The van der Waals surface area contributed by atoms with Crippen molar-refractivity contribution in [2.45, 2.75) is 0 Å². The lowest BCUT2D eigenvalue weighted by Gasteiger charge is -1.88. The molecule has 0 fully saturated rings. The molecule has 72 valence electrons. The average Bonchev–Trinajstić information content (AvgIpc) is 2.25. The molecule has 0 saturated heterocycles. The third-order valence-electron chi connectivity index (χ3n) is 1.53. The SMILES string of the molecule is COC(=O)N=CC=Cc1ccccc1. The van der Waals surface area contributed by atoms with Gasteiger partial charge in [-0.25, -0.2) is 4.79 Å². The fourth-order valence-electron chi connectivity index (χ4n) is 0.875. The lowest BCUT2D eigenvalue weighted by Crippen LogP contribution is -1.91. The van der Waals surface area contributed by atoms with E-state index in [0.29, 0.717) is 0 Å². The molecule has 1 aromatic rings. The van der Waals surface area contributed by atoms with Gasteiger partial charge in [0, 0.05) is 6.21 Å². The molecule has 1 amide bonds. The van der Waals surface area contributed by atoms with Crippen LogP contribution in [0.15, 0.2) is 41.4 Å². The van der Waals surface area contributed by atoms with Crippen LogP contribution in [-0.4, -0.2) is 19.4 Å². The third-order valence-corrected chi connectivity index (χ3v) is 1.53. The molecule has 1 aromatic carbocycles. The van der Waals surface area contributed by atoms with E-state index < -0.39 is 6.09 Å². The Labute approximate surface area is 82.7 Å². The number of nitrogens with zero attached hydrogens (tertiary/aromatic N) is 1. The molecule has 0 unspecified atom stereocenters. The minimum absolute atomic E-state index is 0.595. The highest BCUT2D eigenvalue weighted by molar-refractivity contribution is 5.87. The average molecular weight is 189 g/mol. The number of carbonyl (C=O) groups is 1. The zero-order valence-corrected chi connectivity index (χ0v) is 7.88. The molecule has 0 aromatic heterocycles. The first-order valence-corrected chi connectivity index (χ1v) is 4.16. The number of carbonyl (C=O) groups excluding carboxylic acids is 1. The Hall–Kier alpha value is -1.90. The fraction of sp³-hybridized carbons (Fsp3) is 0.0909. The number of allylic oxidation sites excluding steroid dienone is 1. The molecule has 0 N–H and O–H groups in total. The van der Waals surface area contributed by atoms with E-state index >= 15 is 0 Å². The van der Waals surface area contributed by atoms with Crippen LogP contribution in [0, 0.1) is 0 Å². The lowest BCUT2D eigenvalue weighted by atomic mass is 10.2. The maximum Gasteiger partial charge on any atom is 0.433 e. The largest absolute Gasteiger partial charge is 0.451 e. The van der Waals surface area contributed by atoms with E-state index in [2.05, 4.69) is 9.73 Å². The Morgan fingerprint density at radius 2 is 2.07 bits per heavy atom. The maximum absolute atomic E-state index is 10.6. The van der Waals surface area contributed by atoms with Crippen molar-refractivity contribution in [1.82, 2.24) is 0 Å². The molecule has 0 aliphatic carbocycles. The highest BCUT2D eigenvalue weighted by Gasteiger charge is 1.88. The Kier molecular flexibility index (Phi) is 4.14. The van der Waals surface area contributed by atoms with Gasteiger partial charge in [-0.15, -0.1) is 0 Å². The van der Waals surface area contributed by atoms with E-state index in [0.717, 1.165) is 5.56 Å². The number of methoxy groups -OCH3 is 1.